The van der Waals surface area contributed by atoms with Gasteiger partial charge in [-0.15, -0.1) is 0 Å². The maximum Gasteiger partial charge on any atom is 0.224 e. The van der Waals surface area contributed by atoms with E-state index in [4.69, 9.17) is 4.74 Å². The topological polar surface area (TPSA) is 63.2 Å². The van der Waals surface area contributed by atoms with Crippen LogP contribution in [0.4, 0.5) is 5.69 Å². The van der Waals surface area contributed by atoms with E-state index >= 15 is 0 Å². The molecule has 0 radical (unpaired) electrons. The highest BCUT2D eigenvalue weighted by atomic mass is 16.5. The molecule has 5 nitrogen and oxygen atoms in total. The van der Waals surface area contributed by atoms with Crippen LogP contribution in [0.2, 0.25) is 0 Å². The molecule has 1 amide bonds. The van der Waals surface area contributed by atoms with Gasteiger partial charge in [-0.2, -0.15) is 0 Å². The molecular weight excluding hydrogens is 242 g/mol. The van der Waals surface area contributed by atoms with E-state index in [1.165, 1.54) is 19.3 Å². The number of ether oxygens (including phenoxy) is 1. The van der Waals surface area contributed by atoms with Crippen LogP contribution in [0.5, 0.6) is 5.88 Å². The maximum atomic E-state index is 11.8. The van der Waals surface area contributed by atoms with Crippen molar-refractivity contribution in [2.24, 2.45) is 0 Å². The number of amides is 1. The van der Waals surface area contributed by atoms with Gasteiger partial charge in [-0.25, -0.2) is 4.98 Å². The summed E-state index contributed by atoms with van der Waals surface area (Å²) in [4.78, 5) is 15.9. The van der Waals surface area contributed by atoms with Crippen LogP contribution >= 0.6 is 0 Å². The predicted molar refractivity (Wildman–Crippen MR) is 74.3 cm³/mol. The van der Waals surface area contributed by atoms with Crippen LogP contribution < -0.4 is 15.4 Å². The fourth-order valence-electron chi connectivity index (χ4n) is 2.27. The largest absolute Gasteiger partial charge is 0.481 e. The number of rotatable bonds is 5. The van der Waals surface area contributed by atoms with Gasteiger partial charge in [-0.3, -0.25) is 4.79 Å². The van der Waals surface area contributed by atoms with E-state index in [2.05, 4.69) is 15.6 Å². The average molecular weight is 263 g/mol. The molecule has 19 heavy (non-hydrogen) atoms. The molecule has 2 rings (SSSR count). The molecule has 1 aromatic heterocycles. The van der Waals surface area contributed by atoms with Crippen LogP contribution in [-0.4, -0.2) is 30.6 Å². The first-order chi connectivity index (χ1) is 9.28. The molecule has 104 valence electrons. The number of hydrogen-bond donors (Lipinski definition) is 2. The fourth-order valence-corrected chi connectivity index (χ4v) is 2.27. The number of methoxy groups -OCH3 is 1. The molecule has 1 atom stereocenters. The van der Waals surface area contributed by atoms with E-state index in [0.717, 1.165) is 13.0 Å². The number of aromatic nitrogens is 1. The summed E-state index contributed by atoms with van der Waals surface area (Å²) >= 11 is 0. The molecule has 2 heterocycles. The van der Waals surface area contributed by atoms with Gasteiger partial charge in [0.2, 0.25) is 11.8 Å². The number of nitrogens with one attached hydrogen (secondary N) is 2. The van der Waals surface area contributed by atoms with Crippen LogP contribution in [0, 0.1) is 0 Å². The normalized spacial score (nSPS) is 18.9. The van der Waals surface area contributed by atoms with Crippen molar-refractivity contribution in [2.45, 2.75) is 38.1 Å². The van der Waals surface area contributed by atoms with Gasteiger partial charge in [0, 0.05) is 18.5 Å². The second kappa shape index (κ2) is 7.09. The molecule has 1 aliphatic heterocycles. The predicted octanol–water partition coefficient (Wildman–Crippen LogP) is 1.95. The fraction of sp³-hybridized carbons (Fsp3) is 0.571. The minimum atomic E-state index is 0.0411. The molecule has 2 N–H and O–H groups in total. The summed E-state index contributed by atoms with van der Waals surface area (Å²) in [5.74, 6) is 0.587. The lowest BCUT2D eigenvalue weighted by molar-refractivity contribution is -0.116. The number of nitrogens with zero attached hydrogens (tertiary/aromatic N) is 1. The first-order valence-electron chi connectivity index (χ1n) is 6.81. The first kappa shape index (κ1) is 13.8. The Morgan fingerprint density at radius 3 is 3.05 bits per heavy atom. The van der Waals surface area contributed by atoms with Crippen molar-refractivity contribution in [1.29, 1.82) is 0 Å². The maximum absolute atomic E-state index is 11.8. The van der Waals surface area contributed by atoms with Crippen molar-refractivity contribution in [3.05, 3.63) is 18.3 Å². The van der Waals surface area contributed by atoms with Gasteiger partial charge >= 0.3 is 0 Å². The second-order valence-corrected chi connectivity index (χ2v) is 4.82. The molecule has 0 aliphatic carbocycles. The van der Waals surface area contributed by atoms with Gasteiger partial charge in [0.05, 0.1) is 19.0 Å². The number of anilines is 1. The third-order valence-electron chi connectivity index (χ3n) is 3.36. The Hall–Kier alpha value is -1.62. The van der Waals surface area contributed by atoms with E-state index < -0.39 is 0 Å². The molecule has 1 aromatic rings. The monoisotopic (exact) mass is 263 g/mol. The first-order valence-corrected chi connectivity index (χ1v) is 6.81. The Kier molecular flexibility index (Phi) is 5.15. The third kappa shape index (κ3) is 4.52. The van der Waals surface area contributed by atoms with Crippen molar-refractivity contribution >= 4 is 11.6 Å². The van der Waals surface area contributed by atoms with Gasteiger partial charge < -0.3 is 15.4 Å². The van der Waals surface area contributed by atoms with Crippen LogP contribution in [0.1, 0.15) is 32.1 Å². The van der Waals surface area contributed by atoms with Crippen LogP contribution in [0.3, 0.4) is 0 Å². The molecule has 1 saturated heterocycles. The van der Waals surface area contributed by atoms with Crippen LogP contribution in [0.25, 0.3) is 0 Å². The highest BCUT2D eigenvalue weighted by Crippen LogP contribution is 2.14. The van der Waals surface area contributed by atoms with Crippen molar-refractivity contribution in [3.8, 4) is 5.88 Å². The van der Waals surface area contributed by atoms with Crippen molar-refractivity contribution in [1.82, 2.24) is 10.3 Å². The second-order valence-electron chi connectivity index (χ2n) is 4.82. The Labute approximate surface area is 113 Å². The molecule has 0 saturated carbocycles. The zero-order valence-corrected chi connectivity index (χ0v) is 11.3. The smallest absolute Gasteiger partial charge is 0.224 e. The molecule has 1 fully saturated rings. The van der Waals surface area contributed by atoms with Gasteiger partial charge in [-0.1, -0.05) is 6.42 Å². The van der Waals surface area contributed by atoms with Crippen molar-refractivity contribution < 1.29 is 9.53 Å². The standard InChI is InChI=1S/C14H21N3O2/c1-19-14-8-6-12(10-16-14)17-13(18)7-5-11-4-2-3-9-15-11/h6,8,10-11,15H,2-5,7,9H2,1H3,(H,17,18). The molecule has 0 spiro atoms. The van der Waals surface area contributed by atoms with Crippen molar-refractivity contribution in [2.75, 3.05) is 19.0 Å². The van der Waals surface area contributed by atoms with E-state index in [1.54, 1.807) is 25.4 Å². The highest BCUT2D eigenvalue weighted by molar-refractivity contribution is 5.90. The van der Waals surface area contributed by atoms with Gasteiger partial charge in [0.15, 0.2) is 0 Å². The summed E-state index contributed by atoms with van der Waals surface area (Å²) in [6, 6.07) is 4.02. The zero-order chi connectivity index (χ0) is 13.5. The number of piperidine rings is 1. The van der Waals surface area contributed by atoms with Crippen LogP contribution in [0.15, 0.2) is 18.3 Å². The van der Waals surface area contributed by atoms with Crippen LogP contribution in [-0.2, 0) is 4.79 Å². The molecule has 5 heteroatoms. The lowest BCUT2D eigenvalue weighted by Gasteiger charge is -2.23. The summed E-state index contributed by atoms with van der Waals surface area (Å²) in [5, 5.41) is 6.29. The molecule has 0 bridgehead atoms. The lowest BCUT2D eigenvalue weighted by Crippen LogP contribution is -2.34. The number of hydrogen-bond acceptors (Lipinski definition) is 4. The highest BCUT2D eigenvalue weighted by Gasteiger charge is 2.14. The van der Waals surface area contributed by atoms with E-state index in [0.29, 0.717) is 24.0 Å². The summed E-state index contributed by atoms with van der Waals surface area (Å²) in [7, 11) is 1.57. The Morgan fingerprint density at radius 2 is 2.42 bits per heavy atom. The summed E-state index contributed by atoms with van der Waals surface area (Å²) in [6.45, 7) is 1.08. The Balaban J connectivity index is 1.73. The molecule has 0 aromatic carbocycles. The van der Waals surface area contributed by atoms with E-state index in [1.807, 2.05) is 0 Å². The molecule has 1 aliphatic rings. The summed E-state index contributed by atoms with van der Waals surface area (Å²) < 4.78 is 4.97. The Bertz CT molecular complexity index is 400. The quantitative estimate of drug-likeness (QED) is 0.852. The lowest BCUT2D eigenvalue weighted by atomic mass is 10.0. The van der Waals surface area contributed by atoms with Crippen molar-refractivity contribution in [3.63, 3.8) is 0 Å². The van der Waals surface area contributed by atoms with E-state index in [9.17, 15) is 4.79 Å². The SMILES string of the molecule is COc1ccc(NC(=O)CCC2CCCCN2)cn1. The Morgan fingerprint density at radius 1 is 1.53 bits per heavy atom. The summed E-state index contributed by atoms with van der Waals surface area (Å²) in [6.07, 6.45) is 6.74. The minimum Gasteiger partial charge on any atom is -0.481 e. The van der Waals surface area contributed by atoms with Gasteiger partial charge in [0.1, 0.15) is 0 Å². The minimum absolute atomic E-state index is 0.0411. The summed E-state index contributed by atoms with van der Waals surface area (Å²) in [5.41, 5.74) is 0.711. The average Bonchev–Trinajstić information content (AvgIpc) is 2.47. The molecular formula is C14H21N3O2. The van der Waals surface area contributed by atoms with Gasteiger partial charge in [0.25, 0.3) is 0 Å². The number of carbonyl (C=O) groups excluding carboxylic acids is 1. The third-order valence-corrected chi connectivity index (χ3v) is 3.36. The molecule has 1 unspecified atom stereocenters. The van der Waals surface area contributed by atoms with Gasteiger partial charge in [-0.05, 0) is 31.9 Å². The number of carbonyl (C=O) groups is 1. The zero-order valence-electron chi connectivity index (χ0n) is 11.3. The number of pyridine rings is 1. The van der Waals surface area contributed by atoms with E-state index in [-0.39, 0.29) is 5.91 Å².